The van der Waals surface area contributed by atoms with E-state index in [1.807, 2.05) is 6.07 Å². The topological polar surface area (TPSA) is 72.4 Å². The quantitative estimate of drug-likeness (QED) is 0.187. The standard InChI is InChI=1S/C23H40N6O2.HI/c1-27(2)22(30)19-25-23(26-20-11-15-29(16-12-20)17-18-31-4)24-13-8-14-28(3)21-9-6-5-7-10-21;/h5-7,9-10,20H,8,11-19H2,1-4H3,(H2,24,25,26);1H. The Morgan fingerprint density at radius 1 is 1.19 bits per heavy atom. The Morgan fingerprint density at radius 3 is 2.50 bits per heavy atom. The minimum atomic E-state index is -0.000652. The number of piperidine rings is 1. The van der Waals surface area contributed by atoms with Gasteiger partial charge in [0, 0.05) is 72.7 Å². The van der Waals surface area contributed by atoms with Gasteiger partial charge in [0.25, 0.3) is 0 Å². The van der Waals surface area contributed by atoms with Crippen LogP contribution in [-0.2, 0) is 9.53 Å². The minimum absolute atomic E-state index is 0. The molecule has 1 heterocycles. The highest BCUT2D eigenvalue weighted by atomic mass is 127. The van der Waals surface area contributed by atoms with E-state index in [1.165, 1.54) is 5.69 Å². The average molecular weight is 561 g/mol. The van der Waals surface area contributed by atoms with Crippen LogP contribution in [0, 0.1) is 0 Å². The molecule has 0 saturated carbocycles. The largest absolute Gasteiger partial charge is 0.383 e. The Morgan fingerprint density at radius 2 is 1.88 bits per heavy atom. The average Bonchev–Trinajstić information content (AvgIpc) is 2.79. The second kappa shape index (κ2) is 16.1. The lowest BCUT2D eigenvalue weighted by Crippen LogP contribution is -2.49. The molecule has 0 unspecified atom stereocenters. The Kier molecular flexibility index (Phi) is 14.3. The highest BCUT2D eigenvalue weighted by Crippen LogP contribution is 2.11. The fourth-order valence-corrected chi connectivity index (χ4v) is 3.49. The number of likely N-dealkylation sites (N-methyl/N-ethyl adjacent to an activating group) is 1. The number of carbonyl (C=O) groups is 1. The molecule has 1 saturated heterocycles. The number of carbonyl (C=O) groups excluding carboxylic acids is 1. The second-order valence-electron chi connectivity index (χ2n) is 8.24. The molecule has 2 N–H and O–H groups in total. The van der Waals surface area contributed by atoms with Crippen LogP contribution in [0.5, 0.6) is 0 Å². The van der Waals surface area contributed by atoms with Gasteiger partial charge < -0.3 is 30.1 Å². The lowest BCUT2D eigenvalue weighted by atomic mass is 10.1. The van der Waals surface area contributed by atoms with Gasteiger partial charge in [0.1, 0.15) is 6.54 Å². The number of anilines is 1. The maximum atomic E-state index is 12.0. The maximum Gasteiger partial charge on any atom is 0.243 e. The first kappa shape index (κ1) is 28.4. The molecule has 2 rings (SSSR count). The van der Waals surface area contributed by atoms with Gasteiger partial charge >= 0.3 is 0 Å². The number of aliphatic imine (C=N–C) groups is 1. The third-order valence-electron chi connectivity index (χ3n) is 5.57. The second-order valence-corrected chi connectivity index (χ2v) is 8.24. The molecule has 0 radical (unpaired) electrons. The van der Waals surface area contributed by atoms with Crippen molar-refractivity contribution >= 4 is 41.5 Å². The van der Waals surface area contributed by atoms with E-state index >= 15 is 0 Å². The summed E-state index contributed by atoms with van der Waals surface area (Å²) in [6.07, 6.45) is 3.09. The van der Waals surface area contributed by atoms with Gasteiger partial charge in [0.2, 0.25) is 5.91 Å². The summed E-state index contributed by atoms with van der Waals surface area (Å²) in [6, 6.07) is 10.8. The van der Waals surface area contributed by atoms with E-state index < -0.39 is 0 Å². The molecule has 0 aromatic heterocycles. The van der Waals surface area contributed by atoms with Crippen molar-refractivity contribution in [2.75, 3.05) is 79.0 Å². The Hall–Kier alpha value is -1.59. The first-order valence-electron chi connectivity index (χ1n) is 11.2. The normalized spacial score (nSPS) is 15.1. The van der Waals surface area contributed by atoms with Gasteiger partial charge in [-0.2, -0.15) is 0 Å². The molecule has 1 amide bonds. The highest BCUT2D eigenvalue weighted by Gasteiger charge is 2.20. The molecule has 1 fully saturated rings. The summed E-state index contributed by atoms with van der Waals surface area (Å²) >= 11 is 0. The van der Waals surface area contributed by atoms with Crippen LogP contribution in [0.2, 0.25) is 0 Å². The molecule has 32 heavy (non-hydrogen) atoms. The molecular formula is C23H41IN6O2. The molecule has 1 aromatic rings. The number of nitrogens with one attached hydrogen (secondary N) is 2. The molecule has 0 spiro atoms. The summed E-state index contributed by atoms with van der Waals surface area (Å²) in [5, 5.41) is 6.96. The number of ether oxygens (including phenoxy) is 1. The summed E-state index contributed by atoms with van der Waals surface area (Å²) in [4.78, 5) is 22.8. The van der Waals surface area contributed by atoms with Gasteiger partial charge in [-0.1, -0.05) is 18.2 Å². The van der Waals surface area contributed by atoms with E-state index in [9.17, 15) is 4.79 Å². The first-order valence-corrected chi connectivity index (χ1v) is 11.2. The lowest BCUT2D eigenvalue weighted by molar-refractivity contribution is -0.127. The van der Waals surface area contributed by atoms with Gasteiger partial charge in [0.05, 0.1) is 6.61 Å². The maximum absolute atomic E-state index is 12.0. The van der Waals surface area contributed by atoms with E-state index in [0.29, 0.717) is 6.04 Å². The Balaban J connectivity index is 0.00000512. The van der Waals surface area contributed by atoms with E-state index in [1.54, 1.807) is 26.1 Å². The van der Waals surface area contributed by atoms with Crippen LogP contribution in [0.15, 0.2) is 35.3 Å². The van der Waals surface area contributed by atoms with Crippen LogP contribution in [0.1, 0.15) is 19.3 Å². The lowest BCUT2D eigenvalue weighted by Gasteiger charge is -2.33. The number of methoxy groups -OCH3 is 1. The third kappa shape index (κ3) is 10.8. The summed E-state index contributed by atoms with van der Waals surface area (Å²) in [5.74, 6) is 0.729. The molecule has 0 bridgehead atoms. The van der Waals surface area contributed by atoms with Crippen LogP contribution < -0.4 is 15.5 Å². The smallest absolute Gasteiger partial charge is 0.243 e. The molecule has 1 aliphatic rings. The number of para-hydroxylation sites is 1. The number of halogens is 1. The third-order valence-corrected chi connectivity index (χ3v) is 5.57. The van der Waals surface area contributed by atoms with Crippen molar-refractivity contribution in [2.45, 2.75) is 25.3 Å². The molecule has 1 aliphatic heterocycles. The molecule has 0 aliphatic carbocycles. The zero-order chi connectivity index (χ0) is 22.5. The zero-order valence-electron chi connectivity index (χ0n) is 20.0. The van der Waals surface area contributed by atoms with E-state index in [-0.39, 0.29) is 36.4 Å². The zero-order valence-corrected chi connectivity index (χ0v) is 22.4. The van der Waals surface area contributed by atoms with Gasteiger partial charge in [0.15, 0.2) is 5.96 Å². The molecule has 9 heteroatoms. The predicted octanol–water partition coefficient (Wildman–Crippen LogP) is 1.87. The summed E-state index contributed by atoms with van der Waals surface area (Å²) in [7, 11) is 7.37. The molecule has 182 valence electrons. The van der Waals surface area contributed by atoms with Crippen LogP contribution in [0.4, 0.5) is 5.69 Å². The van der Waals surface area contributed by atoms with Gasteiger partial charge in [-0.05, 0) is 31.4 Å². The number of hydrogen-bond acceptors (Lipinski definition) is 5. The number of benzene rings is 1. The summed E-state index contributed by atoms with van der Waals surface area (Å²) in [5.41, 5.74) is 1.21. The van der Waals surface area contributed by atoms with Crippen molar-refractivity contribution in [1.82, 2.24) is 20.4 Å². The highest BCUT2D eigenvalue weighted by molar-refractivity contribution is 14.0. The van der Waals surface area contributed by atoms with Crippen LogP contribution in [0.3, 0.4) is 0 Å². The number of amides is 1. The summed E-state index contributed by atoms with van der Waals surface area (Å²) < 4.78 is 5.18. The number of rotatable bonds is 11. The van der Waals surface area contributed by atoms with Crippen molar-refractivity contribution in [1.29, 1.82) is 0 Å². The first-order chi connectivity index (χ1) is 15.0. The van der Waals surface area contributed by atoms with Gasteiger partial charge in [-0.25, -0.2) is 4.99 Å². The van der Waals surface area contributed by atoms with Gasteiger partial charge in [-0.3, -0.25) is 4.79 Å². The Bertz CT molecular complexity index is 666. The minimum Gasteiger partial charge on any atom is -0.383 e. The molecule has 1 aromatic carbocycles. The van der Waals surface area contributed by atoms with Crippen LogP contribution >= 0.6 is 24.0 Å². The predicted molar refractivity (Wildman–Crippen MR) is 143 cm³/mol. The van der Waals surface area contributed by atoms with E-state index in [0.717, 1.165) is 64.6 Å². The van der Waals surface area contributed by atoms with Crippen molar-refractivity contribution in [2.24, 2.45) is 4.99 Å². The summed E-state index contributed by atoms with van der Waals surface area (Å²) in [6.45, 7) is 5.74. The van der Waals surface area contributed by atoms with Crippen molar-refractivity contribution in [3.05, 3.63) is 30.3 Å². The van der Waals surface area contributed by atoms with Gasteiger partial charge in [-0.15, -0.1) is 24.0 Å². The van der Waals surface area contributed by atoms with E-state index in [4.69, 9.17) is 4.74 Å². The SMILES string of the molecule is COCCN1CCC(NC(=NCC(=O)N(C)C)NCCCN(C)c2ccccc2)CC1.I. The monoisotopic (exact) mass is 560 g/mol. The van der Waals surface area contributed by atoms with Crippen LogP contribution in [0.25, 0.3) is 0 Å². The molecule has 8 nitrogen and oxygen atoms in total. The number of likely N-dealkylation sites (tertiary alicyclic amines) is 1. The van der Waals surface area contributed by atoms with Crippen molar-refractivity contribution in [3.63, 3.8) is 0 Å². The number of guanidine groups is 1. The fourth-order valence-electron chi connectivity index (χ4n) is 3.49. The number of hydrogen-bond donors (Lipinski definition) is 2. The van der Waals surface area contributed by atoms with E-state index in [2.05, 4.69) is 56.7 Å². The van der Waals surface area contributed by atoms with Crippen LogP contribution in [-0.4, -0.2) is 102 Å². The molecule has 0 atom stereocenters. The molecular weight excluding hydrogens is 519 g/mol. The number of nitrogens with zero attached hydrogens (tertiary/aromatic N) is 4. The van der Waals surface area contributed by atoms with Crippen molar-refractivity contribution in [3.8, 4) is 0 Å². The van der Waals surface area contributed by atoms with Crippen molar-refractivity contribution < 1.29 is 9.53 Å². The fraction of sp³-hybridized carbons (Fsp3) is 0.652. The Labute approximate surface area is 210 Å².